The Kier molecular flexibility index (Phi) is 5.21. The van der Waals surface area contributed by atoms with E-state index in [0.717, 1.165) is 5.69 Å². The Balaban J connectivity index is 2.64. The molecule has 23 heavy (non-hydrogen) atoms. The first-order chi connectivity index (χ1) is 10.7. The summed E-state index contributed by atoms with van der Waals surface area (Å²) in [6, 6.07) is 1.50. The molecular weight excluding hydrogens is 387 g/mol. The van der Waals surface area contributed by atoms with Gasteiger partial charge in [0.15, 0.2) is 5.82 Å². The normalized spacial score (nSPS) is 10.9. The summed E-state index contributed by atoms with van der Waals surface area (Å²) in [7, 11) is 0. The molecule has 1 aromatic carbocycles. The lowest BCUT2D eigenvalue weighted by Gasteiger charge is -2.18. The summed E-state index contributed by atoms with van der Waals surface area (Å²) in [5, 5.41) is 2.83. The Labute approximate surface area is 146 Å². The molecule has 8 heteroatoms. The zero-order chi connectivity index (χ0) is 17.3. The largest absolute Gasteiger partial charge is 0.365 e. The van der Waals surface area contributed by atoms with E-state index in [4.69, 9.17) is 17.3 Å². The Hall–Kier alpha value is -1.73. The fourth-order valence-corrected chi connectivity index (χ4v) is 2.71. The van der Waals surface area contributed by atoms with Crippen LogP contribution in [0.1, 0.15) is 41.5 Å². The maximum atomic E-state index is 14.3. The number of nitrogens with two attached hydrogens (primary N) is 1. The van der Waals surface area contributed by atoms with Crippen LogP contribution >= 0.6 is 27.5 Å². The standard InChI is InChI=1S/C15H15BrClFN4O/c1-6(2)13-14(7(3)20-5-21-13)22-9-4-8(16)11(17)12(18)10(9)15(19)23/h4-6,22H,1-3H3,(H2,19,23). The molecule has 1 aromatic heterocycles. The fraction of sp³-hybridized carbons (Fsp3) is 0.267. The number of nitrogens with one attached hydrogen (secondary N) is 1. The number of benzene rings is 1. The summed E-state index contributed by atoms with van der Waals surface area (Å²) in [6.45, 7) is 5.74. The van der Waals surface area contributed by atoms with Crippen LogP contribution in [0.5, 0.6) is 0 Å². The van der Waals surface area contributed by atoms with E-state index in [2.05, 4.69) is 31.2 Å². The van der Waals surface area contributed by atoms with Gasteiger partial charge in [-0.1, -0.05) is 25.4 Å². The van der Waals surface area contributed by atoms with E-state index in [1.165, 1.54) is 12.4 Å². The number of aryl methyl sites for hydroxylation is 1. The van der Waals surface area contributed by atoms with Gasteiger partial charge in [0.05, 0.1) is 33.3 Å². The smallest absolute Gasteiger partial charge is 0.253 e. The molecule has 0 unspecified atom stereocenters. The molecule has 0 atom stereocenters. The average Bonchev–Trinajstić information content (AvgIpc) is 2.46. The maximum absolute atomic E-state index is 14.3. The third-order valence-corrected chi connectivity index (χ3v) is 4.50. The minimum Gasteiger partial charge on any atom is -0.365 e. The number of halogens is 3. The number of amides is 1. The number of primary amides is 1. The van der Waals surface area contributed by atoms with Crippen molar-refractivity contribution in [2.24, 2.45) is 5.73 Å². The molecule has 0 radical (unpaired) electrons. The molecule has 0 spiro atoms. The number of carbonyl (C=O) groups is 1. The molecule has 0 saturated heterocycles. The Bertz CT molecular complexity index is 783. The highest BCUT2D eigenvalue weighted by Crippen LogP contribution is 2.36. The van der Waals surface area contributed by atoms with Gasteiger partial charge in [-0.15, -0.1) is 0 Å². The Morgan fingerprint density at radius 2 is 2.09 bits per heavy atom. The van der Waals surface area contributed by atoms with Crippen molar-refractivity contribution in [3.63, 3.8) is 0 Å². The number of rotatable bonds is 4. The van der Waals surface area contributed by atoms with Gasteiger partial charge in [0.1, 0.15) is 6.33 Å². The van der Waals surface area contributed by atoms with Crippen LogP contribution < -0.4 is 11.1 Å². The lowest BCUT2D eigenvalue weighted by molar-refractivity contribution is 0.0997. The number of hydrogen-bond donors (Lipinski definition) is 2. The van der Waals surface area contributed by atoms with E-state index < -0.39 is 11.7 Å². The number of hydrogen-bond acceptors (Lipinski definition) is 4. The molecule has 122 valence electrons. The quantitative estimate of drug-likeness (QED) is 0.748. The van der Waals surface area contributed by atoms with Crippen LogP contribution in [0.15, 0.2) is 16.9 Å². The summed E-state index contributed by atoms with van der Waals surface area (Å²) in [6.07, 6.45) is 1.46. The third kappa shape index (κ3) is 3.45. The minimum absolute atomic E-state index is 0.108. The Morgan fingerprint density at radius 1 is 1.43 bits per heavy atom. The predicted octanol–water partition coefficient (Wildman–Crippen LogP) is 4.31. The highest BCUT2D eigenvalue weighted by atomic mass is 79.9. The summed E-state index contributed by atoms with van der Waals surface area (Å²) in [5.74, 6) is -1.69. The second kappa shape index (κ2) is 6.80. The van der Waals surface area contributed by atoms with Crippen LogP contribution in [0.4, 0.5) is 15.8 Å². The molecule has 0 fully saturated rings. The van der Waals surface area contributed by atoms with Crippen LogP contribution in [0, 0.1) is 12.7 Å². The minimum atomic E-state index is -0.917. The monoisotopic (exact) mass is 400 g/mol. The van der Waals surface area contributed by atoms with Gasteiger partial charge in [0, 0.05) is 4.47 Å². The lowest BCUT2D eigenvalue weighted by atomic mass is 10.1. The number of carbonyl (C=O) groups excluding carboxylic acids is 1. The molecule has 0 aliphatic carbocycles. The molecule has 1 heterocycles. The molecule has 0 aliphatic rings. The summed E-state index contributed by atoms with van der Waals surface area (Å²) < 4.78 is 14.6. The van der Waals surface area contributed by atoms with Crippen molar-refractivity contribution in [1.29, 1.82) is 0 Å². The second-order valence-electron chi connectivity index (χ2n) is 5.27. The van der Waals surface area contributed by atoms with Gasteiger partial charge >= 0.3 is 0 Å². The third-order valence-electron chi connectivity index (χ3n) is 3.28. The zero-order valence-corrected chi connectivity index (χ0v) is 15.1. The van der Waals surface area contributed by atoms with Crippen molar-refractivity contribution in [1.82, 2.24) is 9.97 Å². The van der Waals surface area contributed by atoms with Gasteiger partial charge in [0.2, 0.25) is 0 Å². The van der Waals surface area contributed by atoms with Crippen LogP contribution in [0.3, 0.4) is 0 Å². The summed E-state index contributed by atoms with van der Waals surface area (Å²) in [5.41, 5.74) is 7.22. The van der Waals surface area contributed by atoms with Crippen molar-refractivity contribution >= 4 is 44.8 Å². The maximum Gasteiger partial charge on any atom is 0.253 e. The molecule has 0 bridgehead atoms. The van der Waals surface area contributed by atoms with Gasteiger partial charge in [-0.05, 0) is 34.8 Å². The molecular formula is C15H15BrClFN4O. The van der Waals surface area contributed by atoms with E-state index in [9.17, 15) is 9.18 Å². The highest BCUT2D eigenvalue weighted by molar-refractivity contribution is 9.10. The van der Waals surface area contributed by atoms with Gasteiger partial charge < -0.3 is 11.1 Å². The van der Waals surface area contributed by atoms with Crippen LogP contribution in [0.25, 0.3) is 0 Å². The van der Waals surface area contributed by atoms with E-state index >= 15 is 0 Å². The zero-order valence-electron chi connectivity index (χ0n) is 12.7. The molecule has 0 saturated carbocycles. The molecule has 2 aromatic rings. The van der Waals surface area contributed by atoms with Crippen LogP contribution in [-0.2, 0) is 0 Å². The number of aromatic nitrogens is 2. The second-order valence-corrected chi connectivity index (χ2v) is 6.50. The number of anilines is 2. The predicted molar refractivity (Wildman–Crippen MR) is 91.8 cm³/mol. The van der Waals surface area contributed by atoms with E-state index in [0.29, 0.717) is 15.9 Å². The van der Waals surface area contributed by atoms with Gasteiger partial charge in [0.25, 0.3) is 5.91 Å². The first-order valence-corrected chi connectivity index (χ1v) is 7.97. The SMILES string of the molecule is Cc1ncnc(C(C)C)c1Nc1cc(Br)c(Cl)c(F)c1C(N)=O. The Morgan fingerprint density at radius 3 is 2.65 bits per heavy atom. The van der Waals surface area contributed by atoms with Crippen molar-refractivity contribution in [2.75, 3.05) is 5.32 Å². The van der Waals surface area contributed by atoms with E-state index in [1.54, 1.807) is 6.92 Å². The van der Waals surface area contributed by atoms with Crippen LogP contribution in [-0.4, -0.2) is 15.9 Å². The van der Waals surface area contributed by atoms with Gasteiger partial charge in [-0.3, -0.25) is 4.79 Å². The van der Waals surface area contributed by atoms with E-state index in [-0.39, 0.29) is 22.2 Å². The van der Waals surface area contributed by atoms with Gasteiger partial charge in [-0.2, -0.15) is 0 Å². The molecule has 5 nitrogen and oxygen atoms in total. The topological polar surface area (TPSA) is 80.9 Å². The number of nitrogens with zero attached hydrogens (tertiary/aromatic N) is 2. The fourth-order valence-electron chi connectivity index (χ4n) is 2.15. The highest BCUT2D eigenvalue weighted by Gasteiger charge is 2.22. The van der Waals surface area contributed by atoms with Crippen molar-refractivity contribution in [2.45, 2.75) is 26.7 Å². The molecule has 0 aliphatic heterocycles. The first-order valence-electron chi connectivity index (χ1n) is 6.79. The molecule has 2 rings (SSSR count). The lowest BCUT2D eigenvalue weighted by Crippen LogP contribution is -2.17. The molecule has 1 amide bonds. The van der Waals surface area contributed by atoms with Crippen molar-refractivity contribution in [3.05, 3.63) is 44.7 Å². The summed E-state index contributed by atoms with van der Waals surface area (Å²) >= 11 is 9.00. The van der Waals surface area contributed by atoms with Crippen molar-refractivity contribution < 1.29 is 9.18 Å². The first kappa shape index (κ1) is 17.6. The van der Waals surface area contributed by atoms with E-state index in [1.807, 2.05) is 13.8 Å². The van der Waals surface area contributed by atoms with Gasteiger partial charge in [-0.25, -0.2) is 14.4 Å². The average molecular weight is 402 g/mol. The molecule has 3 N–H and O–H groups in total. The van der Waals surface area contributed by atoms with Crippen molar-refractivity contribution in [3.8, 4) is 0 Å². The summed E-state index contributed by atoms with van der Waals surface area (Å²) in [4.78, 5) is 20.0. The van der Waals surface area contributed by atoms with Crippen LogP contribution in [0.2, 0.25) is 5.02 Å².